The topological polar surface area (TPSA) is 45.5 Å². The third-order valence-corrected chi connectivity index (χ3v) is 3.53. The van der Waals surface area contributed by atoms with Crippen molar-refractivity contribution in [3.05, 3.63) is 65.5 Å². The molecule has 1 N–H and O–H groups in total. The van der Waals surface area contributed by atoms with Gasteiger partial charge in [-0.15, -0.1) is 11.3 Å². The van der Waals surface area contributed by atoms with Crippen molar-refractivity contribution in [1.29, 1.82) is 0 Å². The van der Waals surface area contributed by atoms with Gasteiger partial charge in [0.05, 0.1) is 5.69 Å². The smallest absolute Gasteiger partial charge is 0.209 e. The number of hydrogen-bond acceptors (Lipinski definition) is 4. The molecular weight excluding hydrogens is 268 g/mol. The Bertz CT molecular complexity index is 718. The fourth-order valence-corrected chi connectivity index (χ4v) is 2.43. The molecule has 4 heteroatoms. The molecule has 3 aromatic rings. The van der Waals surface area contributed by atoms with Crippen LogP contribution in [0.5, 0.6) is 5.75 Å². The molecule has 0 amide bonds. The summed E-state index contributed by atoms with van der Waals surface area (Å²) in [7, 11) is 0. The number of thiazole rings is 1. The predicted molar refractivity (Wildman–Crippen MR) is 82.9 cm³/mol. The maximum absolute atomic E-state index is 9.28. The van der Waals surface area contributed by atoms with Gasteiger partial charge in [-0.3, -0.25) is 0 Å². The van der Waals surface area contributed by atoms with E-state index in [4.69, 9.17) is 0 Å². The fraction of sp³-hybridized carbons (Fsp3) is 0. The summed E-state index contributed by atoms with van der Waals surface area (Å²) in [6, 6.07) is 16.9. The van der Waals surface area contributed by atoms with Crippen molar-refractivity contribution in [2.75, 3.05) is 0 Å². The number of hydrogen-bond donors (Lipinski definition) is 1. The first kappa shape index (κ1) is 12.6. The zero-order valence-corrected chi connectivity index (χ0v) is 11.4. The largest absolute Gasteiger partial charge is 0.508 e. The van der Waals surface area contributed by atoms with Crippen LogP contribution in [-0.2, 0) is 0 Å². The minimum atomic E-state index is 0.256. The molecule has 0 aliphatic carbocycles. The second-order valence-corrected chi connectivity index (χ2v) is 5.07. The van der Waals surface area contributed by atoms with Gasteiger partial charge in [-0.25, -0.2) is 9.98 Å². The molecule has 3 nitrogen and oxygen atoms in total. The van der Waals surface area contributed by atoms with E-state index >= 15 is 0 Å². The van der Waals surface area contributed by atoms with Gasteiger partial charge in [0.1, 0.15) is 5.75 Å². The number of phenolic OH excluding ortho intramolecular Hbond substituents is 1. The van der Waals surface area contributed by atoms with E-state index in [9.17, 15) is 5.11 Å². The second-order valence-electron chi connectivity index (χ2n) is 4.23. The normalized spacial score (nSPS) is 11.0. The number of nitrogens with zero attached hydrogens (tertiary/aromatic N) is 2. The third kappa shape index (κ3) is 2.92. The molecule has 0 unspecified atom stereocenters. The first-order valence-electron chi connectivity index (χ1n) is 6.15. The fourth-order valence-electron chi connectivity index (χ4n) is 1.76. The highest BCUT2D eigenvalue weighted by molar-refractivity contribution is 7.13. The average molecular weight is 280 g/mol. The van der Waals surface area contributed by atoms with Crippen molar-refractivity contribution in [2.24, 2.45) is 4.99 Å². The molecule has 0 spiro atoms. The minimum absolute atomic E-state index is 0.256. The van der Waals surface area contributed by atoms with E-state index in [2.05, 4.69) is 9.98 Å². The molecule has 2 aromatic carbocycles. The number of aromatic hydroxyl groups is 1. The van der Waals surface area contributed by atoms with Crippen LogP contribution in [0.3, 0.4) is 0 Å². The van der Waals surface area contributed by atoms with Crippen LogP contribution in [-0.4, -0.2) is 16.3 Å². The summed E-state index contributed by atoms with van der Waals surface area (Å²) in [4.78, 5) is 8.84. The Balaban J connectivity index is 1.80. The van der Waals surface area contributed by atoms with E-state index < -0.39 is 0 Å². The lowest BCUT2D eigenvalue weighted by molar-refractivity contribution is 0.475. The van der Waals surface area contributed by atoms with Crippen molar-refractivity contribution in [2.45, 2.75) is 0 Å². The van der Waals surface area contributed by atoms with Gasteiger partial charge in [-0.1, -0.05) is 30.3 Å². The maximum Gasteiger partial charge on any atom is 0.209 e. The van der Waals surface area contributed by atoms with Crippen molar-refractivity contribution in [1.82, 2.24) is 4.98 Å². The Morgan fingerprint density at radius 1 is 1.00 bits per heavy atom. The zero-order valence-electron chi connectivity index (χ0n) is 10.6. The lowest BCUT2D eigenvalue weighted by atomic mass is 10.2. The molecule has 1 heterocycles. The third-order valence-electron chi connectivity index (χ3n) is 2.78. The summed E-state index contributed by atoms with van der Waals surface area (Å²) in [5.74, 6) is 0.256. The lowest BCUT2D eigenvalue weighted by Crippen LogP contribution is -1.78. The molecule has 3 rings (SSSR count). The first-order valence-corrected chi connectivity index (χ1v) is 7.03. The standard InChI is InChI=1S/C16H12N2OS/c19-14-8-6-13(7-9-14)15-11-20-16(18-15)17-10-12-4-2-1-3-5-12/h1-11,19H/b17-10+. The molecule has 0 bridgehead atoms. The predicted octanol–water partition coefficient (Wildman–Crippen LogP) is 4.27. The number of aliphatic imine (C=N–C) groups is 1. The van der Waals surface area contributed by atoms with E-state index in [1.807, 2.05) is 47.8 Å². The molecule has 98 valence electrons. The highest BCUT2D eigenvalue weighted by Gasteiger charge is 2.03. The van der Waals surface area contributed by atoms with E-state index in [1.165, 1.54) is 11.3 Å². The molecule has 0 aliphatic rings. The van der Waals surface area contributed by atoms with Crippen molar-refractivity contribution in [3.8, 4) is 17.0 Å². The van der Waals surface area contributed by atoms with Gasteiger partial charge >= 0.3 is 0 Å². The monoisotopic (exact) mass is 280 g/mol. The van der Waals surface area contributed by atoms with Crippen LogP contribution in [0.2, 0.25) is 0 Å². The minimum Gasteiger partial charge on any atom is -0.508 e. The molecule has 0 saturated carbocycles. The summed E-state index contributed by atoms with van der Waals surface area (Å²) in [6.07, 6.45) is 1.80. The number of rotatable bonds is 3. The van der Waals surface area contributed by atoms with Gasteiger partial charge in [-0.2, -0.15) is 0 Å². The number of benzene rings is 2. The van der Waals surface area contributed by atoms with Crippen LogP contribution in [0.1, 0.15) is 5.56 Å². The maximum atomic E-state index is 9.28. The van der Waals surface area contributed by atoms with E-state index in [-0.39, 0.29) is 5.75 Å². The lowest BCUT2D eigenvalue weighted by Gasteiger charge is -1.95. The van der Waals surface area contributed by atoms with E-state index in [0.717, 1.165) is 22.0 Å². The molecule has 0 fully saturated rings. The summed E-state index contributed by atoms with van der Waals surface area (Å²) < 4.78 is 0. The van der Waals surface area contributed by atoms with Gasteiger partial charge in [0.15, 0.2) is 0 Å². The summed E-state index contributed by atoms with van der Waals surface area (Å²) in [6.45, 7) is 0. The summed E-state index contributed by atoms with van der Waals surface area (Å²) in [5, 5.41) is 12.0. The van der Waals surface area contributed by atoms with E-state index in [1.54, 1.807) is 18.3 Å². The van der Waals surface area contributed by atoms with Gasteiger partial charge in [0.2, 0.25) is 5.13 Å². The number of phenols is 1. The molecule has 0 radical (unpaired) electrons. The Morgan fingerprint density at radius 3 is 2.50 bits per heavy atom. The van der Waals surface area contributed by atoms with Crippen molar-refractivity contribution < 1.29 is 5.11 Å². The Labute approximate surface area is 120 Å². The molecule has 20 heavy (non-hydrogen) atoms. The summed E-state index contributed by atoms with van der Waals surface area (Å²) in [5.41, 5.74) is 2.89. The van der Waals surface area contributed by atoms with Crippen LogP contribution < -0.4 is 0 Å². The van der Waals surface area contributed by atoms with Gasteiger partial charge in [0, 0.05) is 17.2 Å². The molecular formula is C16H12N2OS. The highest BCUT2D eigenvalue weighted by atomic mass is 32.1. The van der Waals surface area contributed by atoms with Crippen molar-refractivity contribution >= 4 is 22.7 Å². The second kappa shape index (κ2) is 5.67. The summed E-state index contributed by atoms with van der Waals surface area (Å²) >= 11 is 1.50. The number of aromatic nitrogens is 1. The van der Waals surface area contributed by atoms with Crippen LogP contribution >= 0.6 is 11.3 Å². The quantitative estimate of drug-likeness (QED) is 0.728. The zero-order chi connectivity index (χ0) is 13.8. The van der Waals surface area contributed by atoms with Crippen LogP contribution in [0.15, 0.2) is 65.0 Å². The molecule has 0 atom stereocenters. The van der Waals surface area contributed by atoms with Crippen LogP contribution in [0, 0.1) is 0 Å². The van der Waals surface area contributed by atoms with Crippen LogP contribution in [0.25, 0.3) is 11.3 Å². The Morgan fingerprint density at radius 2 is 1.75 bits per heavy atom. The van der Waals surface area contributed by atoms with Crippen molar-refractivity contribution in [3.63, 3.8) is 0 Å². The van der Waals surface area contributed by atoms with Gasteiger partial charge < -0.3 is 5.11 Å². The molecule has 1 aromatic heterocycles. The molecule has 0 saturated heterocycles. The highest BCUT2D eigenvalue weighted by Crippen LogP contribution is 2.27. The van der Waals surface area contributed by atoms with Gasteiger partial charge in [0.25, 0.3) is 0 Å². The van der Waals surface area contributed by atoms with Gasteiger partial charge in [-0.05, 0) is 29.8 Å². The molecule has 0 aliphatic heterocycles. The SMILES string of the molecule is Oc1ccc(-c2csc(/N=C/c3ccccc3)n2)cc1. The average Bonchev–Trinajstić information content (AvgIpc) is 2.96. The Hall–Kier alpha value is -2.46. The first-order chi connectivity index (χ1) is 9.81. The van der Waals surface area contributed by atoms with Crippen LogP contribution in [0.4, 0.5) is 5.13 Å². The Kier molecular flexibility index (Phi) is 3.56. The van der Waals surface area contributed by atoms with E-state index in [0.29, 0.717) is 0 Å².